The molecule has 1 spiro atoms. The molecule has 3 aliphatic heterocycles. The van der Waals surface area contributed by atoms with Gasteiger partial charge in [-0.05, 0) is 31.4 Å². The van der Waals surface area contributed by atoms with Gasteiger partial charge in [0.25, 0.3) is 0 Å². The van der Waals surface area contributed by atoms with Crippen LogP contribution in [0.2, 0.25) is 0 Å². The zero-order valence-corrected chi connectivity index (χ0v) is 15.7. The van der Waals surface area contributed by atoms with Crippen molar-refractivity contribution in [1.82, 2.24) is 15.1 Å². The van der Waals surface area contributed by atoms with Crippen LogP contribution in [0.25, 0.3) is 0 Å². The van der Waals surface area contributed by atoms with E-state index in [-0.39, 0.29) is 6.04 Å². The molecule has 5 nitrogen and oxygen atoms in total. The van der Waals surface area contributed by atoms with E-state index in [4.69, 9.17) is 4.74 Å². The smallest absolute Gasteiger partial charge is 0.224 e. The molecule has 2 unspecified atom stereocenters. The Kier molecular flexibility index (Phi) is 5.57. The van der Waals surface area contributed by atoms with Crippen LogP contribution in [0.1, 0.15) is 31.2 Å². The Balaban J connectivity index is 1.31. The Hall–Kier alpha value is -1.43. The Morgan fingerprint density at radius 1 is 1.19 bits per heavy atom. The minimum atomic E-state index is 0.189. The summed E-state index contributed by atoms with van der Waals surface area (Å²) < 4.78 is 5.49. The minimum Gasteiger partial charge on any atom is -0.378 e. The van der Waals surface area contributed by atoms with Crippen LogP contribution in [0.3, 0.4) is 0 Å². The zero-order valence-electron chi connectivity index (χ0n) is 15.7. The number of ether oxygens (including phenoxy) is 1. The molecule has 142 valence electrons. The van der Waals surface area contributed by atoms with E-state index >= 15 is 0 Å². The maximum atomic E-state index is 12.7. The Labute approximate surface area is 156 Å². The molecule has 5 heteroatoms. The maximum Gasteiger partial charge on any atom is 0.224 e. The largest absolute Gasteiger partial charge is 0.378 e. The summed E-state index contributed by atoms with van der Waals surface area (Å²) in [7, 11) is 0. The Morgan fingerprint density at radius 2 is 2.08 bits per heavy atom. The number of hydrogen-bond donors (Lipinski definition) is 1. The van der Waals surface area contributed by atoms with Gasteiger partial charge in [0.1, 0.15) is 0 Å². The number of carbonyl (C=O) groups is 1. The molecule has 0 radical (unpaired) electrons. The average molecular weight is 357 g/mol. The molecule has 26 heavy (non-hydrogen) atoms. The number of rotatable bonds is 4. The molecule has 1 aromatic carbocycles. The summed E-state index contributed by atoms with van der Waals surface area (Å²) in [6.45, 7) is 7.46. The van der Waals surface area contributed by atoms with E-state index in [0.717, 1.165) is 45.8 Å². The average Bonchev–Trinajstić information content (AvgIpc) is 3.07. The molecule has 3 aliphatic rings. The summed E-state index contributed by atoms with van der Waals surface area (Å²) in [5, 5.41) is 3.40. The van der Waals surface area contributed by atoms with E-state index in [9.17, 15) is 4.79 Å². The third-order valence-electron chi connectivity index (χ3n) is 6.20. The van der Waals surface area contributed by atoms with Crippen molar-refractivity contribution in [1.29, 1.82) is 0 Å². The molecule has 1 amide bonds. The highest BCUT2D eigenvalue weighted by Gasteiger charge is 2.42. The molecule has 2 atom stereocenters. The van der Waals surface area contributed by atoms with E-state index < -0.39 is 0 Å². The molecule has 0 bridgehead atoms. The predicted octanol–water partition coefficient (Wildman–Crippen LogP) is 1.88. The standard InChI is InChI=1S/C21H31N3O2/c25-20(13-19-15-26-12-9-22-19)24-11-8-21(17-24)7-4-10-23(16-21)14-18-5-2-1-3-6-18/h1-3,5-6,19,22H,4,7-17H2. The van der Waals surface area contributed by atoms with E-state index in [1.54, 1.807) is 0 Å². The molecule has 0 aromatic heterocycles. The summed E-state index contributed by atoms with van der Waals surface area (Å²) in [6, 6.07) is 10.9. The number of carbonyl (C=O) groups excluding carboxylic acids is 1. The summed E-state index contributed by atoms with van der Waals surface area (Å²) in [4.78, 5) is 17.4. The molecule has 0 aliphatic carbocycles. The second-order valence-corrected chi connectivity index (χ2v) is 8.30. The Bertz CT molecular complexity index is 603. The quantitative estimate of drug-likeness (QED) is 0.894. The van der Waals surface area contributed by atoms with Crippen LogP contribution in [0.15, 0.2) is 30.3 Å². The molecular weight excluding hydrogens is 326 g/mol. The molecule has 3 fully saturated rings. The van der Waals surface area contributed by atoms with Crippen LogP contribution in [0.5, 0.6) is 0 Å². The summed E-state index contributed by atoms with van der Waals surface area (Å²) in [6.07, 6.45) is 4.22. The van der Waals surface area contributed by atoms with E-state index in [2.05, 4.69) is 45.4 Å². The molecule has 0 saturated carbocycles. The van der Waals surface area contributed by atoms with Gasteiger partial charge < -0.3 is 15.0 Å². The van der Waals surface area contributed by atoms with Gasteiger partial charge in [0.05, 0.1) is 13.2 Å². The number of piperidine rings is 1. The second-order valence-electron chi connectivity index (χ2n) is 8.30. The lowest BCUT2D eigenvalue weighted by Gasteiger charge is -2.40. The normalized spacial score (nSPS) is 30.0. The van der Waals surface area contributed by atoms with Gasteiger partial charge in [0.15, 0.2) is 0 Å². The van der Waals surface area contributed by atoms with Crippen molar-refractivity contribution in [3.8, 4) is 0 Å². The van der Waals surface area contributed by atoms with E-state index in [1.807, 2.05) is 0 Å². The van der Waals surface area contributed by atoms with Crippen molar-refractivity contribution >= 4 is 5.91 Å². The lowest BCUT2D eigenvalue weighted by molar-refractivity contribution is -0.132. The van der Waals surface area contributed by atoms with Crippen LogP contribution in [0, 0.1) is 5.41 Å². The van der Waals surface area contributed by atoms with Gasteiger partial charge >= 0.3 is 0 Å². The minimum absolute atomic E-state index is 0.189. The first-order chi connectivity index (χ1) is 12.7. The van der Waals surface area contributed by atoms with Crippen LogP contribution < -0.4 is 5.32 Å². The summed E-state index contributed by atoms with van der Waals surface area (Å²) in [5.41, 5.74) is 1.69. The number of amides is 1. The van der Waals surface area contributed by atoms with Gasteiger partial charge in [-0.15, -0.1) is 0 Å². The highest BCUT2D eigenvalue weighted by Crippen LogP contribution is 2.39. The van der Waals surface area contributed by atoms with Crippen molar-refractivity contribution in [2.45, 2.75) is 38.3 Å². The molecule has 4 rings (SSSR count). The number of likely N-dealkylation sites (tertiary alicyclic amines) is 2. The SMILES string of the molecule is O=C(CC1COCCN1)N1CCC2(CCCN(Cc3ccccc3)C2)C1. The molecule has 1 N–H and O–H groups in total. The van der Waals surface area contributed by atoms with Crippen molar-refractivity contribution < 1.29 is 9.53 Å². The number of nitrogens with zero attached hydrogens (tertiary/aromatic N) is 2. The van der Waals surface area contributed by atoms with Crippen molar-refractivity contribution in [2.24, 2.45) is 5.41 Å². The monoisotopic (exact) mass is 357 g/mol. The first-order valence-electron chi connectivity index (χ1n) is 10.1. The zero-order chi connectivity index (χ0) is 17.8. The lowest BCUT2D eigenvalue weighted by Crippen LogP contribution is -2.47. The fraction of sp³-hybridized carbons (Fsp3) is 0.667. The molecule has 3 saturated heterocycles. The maximum absolute atomic E-state index is 12.7. The summed E-state index contributed by atoms with van der Waals surface area (Å²) >= 11 is 0. The molecular formula is C21H31N3O2. The van der Waals surface area contributed by atoms with Crippen LogP contribution >= 0.6 is 0 Å². The van der Waals surface area contributed by atoms with Crippen molar-refractivity contribution in [2.75, 3.05) is 45.9 Å². The van der Waals surface area contributed by atoms with Gasteiger partial charge in [0.2, 0.25) is 5.91 Å². The molecule has 1 aromatic rings. The van der Waals surface area contributed by atoms with Crippen LogP contribution in [-0.2, 0) is 16.1 Å². The van der Waals surface area contributed by atoms with Crippen molar-refractivity contribution in [3.63, 3.8) is 0 Å². The number of benzene rings is 1. The van der Waals surface area contributed by atoms with Gasteiger partial charge in [-0.2, -0.15) is 0 Å². The first kappa shape index (κ1) is 18.0. The van der Waals surface area contributed by atoms with Crippen LogP contribution in [-0.4, -0.2) is 67.7 Å². The van der Waals surface area contributed by atoms with E-state index in [0.29, 0.717) is 24.3 Å². The first-order valence-corrected chi connectivity index (χ1v) is 10.1. The summed E-state index contributed by atoms with van der Waals surface area (Å²) in [5.74, 6) is 0.296. The Morgan fingerprint density at radius 3 is 2.88 bits per heavy atom. The number of nitrogens with one attached hydrogen (secondary N) is 1. The van der Waals surface area contributed by atoms with Gasteiger partial charge in [-0.1, -0.05) is 30.3 Å². The highest BCUT2D eigenvalue weighted by molar-refractivity contribution is 5.77. The van der Waals surface area contributed by atoms with Gasteiger partial charge in [0, 0.05) is 50.6 Å². The topological polar surface area (TPSA) is 44.8 Å². The van der Waals surface area contributed by atoms with Gasteiger partial charge in [-0.3, -0.25) is 9.69 Å². The fourth-order valence-electron chi connectivity index (χ4n) is 4.86. The number of morpholine rings is 1. The van der Waals surface area contributed by atoms with Crippen molar-refractivity contribution in [3.05, 3.63) is 35.9 Å². The second kappa shape index (κ2) is 8.07. The third kappa shape index (κ3) is 4.27. The number of hydrogen-bond acceptors (Lipinski definition) is 4. The van der Waals surface area contributed by atoms with Crippen LogP contribution in [0.4, 0.5) is 0 Å². The van der Waals surface area contributed by atoms with Gasteiger partial charge in [-0.25, -0.2) is 0 Å². The third-order valence-corrected chi connectivity index (χ3v) is 6.20. The molecule has 3 heterocycles. The van der Waals surface area contributed by atoms with E-state index in [1.165, 1.54) is 24.9 Å². The lowest BCUT2D eigenvalue weighted by atomic mass is 9.79. The fourth-order valence-corrected chi connectivity index (χ4v) is 4.86. The highest BCUT2D eigenvalue weighted by atomic mass is 16.5. The predicted molar refractivity (Wildman–Crippen MR) is 102 cm³/mol.